The van der Waals surface area contributed by atoms with Gasteiger partial charge in [-0.2, -0.15) is 0 Å². The second-order valence-corrected chi connectivity index (χ2v) is 3.60. The summed E-state index contributed by atoms with van der Waals surface area (Å²) in [4.78, 5) is 8.27. The van der Waals surface area contributed by atoms with E-state index in [1.807, 2.05) is 25.1 Å². The standard InChI is InChI=1S/C13H14N2O/c1-3-11-5-4-6-12(7-11)16-13-9-14-10(2)8-15-13/h4-9H,3H2,1-2H3. The number of aryl methyl sites for hydroxylation is 2. The number of rotatable bonds is 3. The molecule has 0 atom stereocenters. The number of benzene rings is 1. The van der Waals surface area contributed by atoms with Gasteiger partial charge in [0.05, 0.1) is 18.1 Å². The number of hydrogen-bond acceptors (Lipinski definition) is 3. The number of nitrogens with zero attached hydrogens (tertiary/aromatic N) is 2. The van der Waals surface area contributed by atoms with E-state index in [2.05, 4.69) is 23.0 Å². The molecule has 82 valence electrons. The van der Waals surface area contributed by atoms with Crippen LogP contribution in [-0.4, -0.2) is 9.97 Å². The zero-order chi connectivity index (χ0) is 11.4. The molecule has 0 bridgehead atoms. The van der Waals surface area contributed by atoms with Gasteiger partial charge in [-0.3, -0.25) is 4.98 Å². The molecule has 0 aliphatic carbocycles. The van der Waals surface area contributed by atoms with Crippen molar-refractivity contribution in [3.63, 3.8) is 0 Å². The van der Waals surface area contributed by atoms with E-state index in [1.165, 1.54) is 5.56 Å². The molecule has 0 saturated heterocycles. The maximum Gasteiger partial charge on any atom is 0.237 e. The fraction of sp³-hybridized carbons (Fsp3) is 0.231. The van der Waals surface area contributed by atoms with Crippen molar-refractivity contribution in [2.75, 3.05) is 0 Å². The quantitative estimate of drug-likeness (QED) is 0.787. The summed E-state index contributed by atoms with van der Waals surface area (Å²) in [5.41, 5.74) is 2.13. The van der Waals surface area contributed by atoms with Crippen molar-refractivity contribution < 1.29 is 4.74 Å². The Balaban J connectivity index is 2.16. The second kappa shape index (κ2) is 4.75. The summed E-state index contributed by atoms with van der Waals surface area (Å²) >= 11 is 0. The first kappa shape index (κ1) is 10.6. The maximum absolute atomic E-state index is 5.60. The molecule has 1 aromatic heterocycles. The van der Waals surface area contributed by atoms with E-state index in [9.17, 15) is 0 Å². The molecule has 0 fully saturated rings. The van der Waals surface area contributed by atoms with Gasteiger partial charge in [0.15, 0.2) is 0 Å². The highest BCUT2D eigenvalue weighted by Crippen LogP contribution is 2.19. The normalized spacial score (nSPS) is 10.1. The van der Waals surface area contributed by atoms with Crippen molar-refractivity contribution >= 4 is 0 Å². The summed E-state index contributed by atoms with van der Waals surface area (Å²) in [7, 11) is 0. The van der Waals surface area contributed by atoms with Gasteiger partial charge in [-0.1, -0.05) is 19.1 Å². The van der Waals surface area contributed by atoms with Crippen molar-refractivity contribution in [2.24, 2.45) is 0 Å². The fourth-order valence-corrected chi connectivity index (χ4v) is 1.38. The number of aromatic nitrogens is 2. The second-order valence-electron chi connectivity index (χ2n) is 3.60. The molecule has 0 aliphatic rings. The van der Waals surface area contributed by atoms with Crippen LogP contribution in [0.15, 0.2) is 36.7 Å². The maximum atomic E-state index is 5.60. The van der Waals surface area contributed by atoms with E-state index in [0.29, 0.717) is 5.88 Å². The average molecular weight is 214 g/mol. The zero-order valence-electron chi connectivity index (χ0n) is 9.47. The van der Waals surface area contributed by atoms with Crippen LogP contribution in [0.4, 0.5) is 0 Å². The lowest BCUT2D eigenvalue weighted by Crippen LogP contribution is -1.91. The molecule has 2 aromatic rings. The van der Waals surface area contributed by atoms with E-state index in [-0.39, 0.29) is 0 Å². The first-order valence-electron chi connectivity index (χ1n) is 5.33. The van der Waals surface area contributed by atoms with Crippen molar-refractivity contribution in [3.8, 4) is 11.6 Å². The molecule has 16 heavy (non-hydrogen) atoms. The summed E-state index contributed by atoms with van der Waals surface area (Å²) < 4.78 is 5.60. The highest BCUT2D eigenvalue weighted by atomic mass is 16.5. The monoisotopic (exact) mass is 214 g/mol. The largest absolute Gasteiger partial charge is 0.437 e. The molecule has 0 saturated carbocycles. The van der Waals surface area contributed by atoms with Crippen LogP contribution in [0, 0.1) is 6.92 Å². The highest BCUT2D eigenvalue weighted by molar-refractivity contribution is 5.31. The Hall–Kier alpha value is -1.90. The minimum absolute atomic E-state index is 0.527. The molecule has 3 nitrogen and oxygen atoms in total. The summed E-state index contributed by atoms with van der Waals surface area (Å²) in [6, 6.07) is 7.99. The van der Waals surface area contributed by atoms with Crippen LogP contribution < -0.4 is 4.74 Å². The molecular formula is C13H14N2O. The van der Waals surface area contributed by atoms with Gasteiger partial charge in [-0.15, -0.1) is 0 Å². The zero-order valence-corrected chi connectivity index (χ0v) is 9.47. The summed E-state index contributed by atoms with van der Waals surface area (Å²) in [5.74, 6) is 1.33. The molecule has 1 aromatic carbocycles. The SMILES string of the molecule is CCc1cccc(Oc2cnc(C)cn2)c1. The summed E-state index contributed by atoms with van der Waals surface area (Å²) in [6.45, 7) is 4.01. The van der Waals surface area contributed by atoms with Gasteiger partial charge in [0.1, 0.15) is 5.75 Å². The highest BCUT2D eigenvalue weighted by Gasteiger charge is 1.99. The molecule has 1 heterocycles. The van der Waals surface area contributed by atoms with Crippen molar-refractivity contribution in [1.82, 2.24) is 9.97 Å². The molecular weight excluding hydrogens is 200 g/mol. The molecule has 0 spiro atoms. The van der Waals surface area contributed by atoms with E-state index in [4.69, 9.17) is 4.74 Å². The minimum Gasteiger partial charge on any atom is -0.437 e. The van der Waals surface area contributed by atoms with Crippen molar-refractivity contribution in [1.29, 1.82) is 0 Å². The topological polar surface area (TPSA) is 35.0 Å². The van der Waals surface area contributed by atoms with E-state index in [0.717, 1.165) is 17.9 Å². The van der Waals surface area contributed by atoms with Gasteiger partial charge in [0.25, 0.3) is 0 Å². The van der Waals surface area contributed by atoms with Gasteiger partial charge in [0.2, 0.25) is 5.88 Å². The van der Waals surface area contributed by atoms with Crippen LogP contribution in [0.2, 0.25) is 0 Å². The van der Waals surface area contributed by atoms with Crippen LogP contribution >= 0.6 is 0 Å². The van der Waals surface area contributed by atoms with Crippen LogP contribution in [0.5, 0.6) is 11.6 Å². The van der Waals surface area contributed by atoms with Gasteiger partial charge >= 0.3 is 0 Å². The van der Waals surface area contributed by atoms with Gasteiger partial charge in [-0.25, -0.2) is 4.98 Å². The van der Waals surface area contributed by atoms with Gasteiger partial charge in [0, 0.05) is 0 Å². The van der Waals surface area contributed by atoms with Crippen molar-refractivity contribution in [3.05, 3.63) is 47.9 Å². The Bertz CT molecular complexity index is 466. The third-order valence-corrected chi connectivity index (χ3v) is 2.29. The lowest BCUT2D eigenvalue weighted by atomic mass is 10.2. The predicted octanol–water partition coefficient (Wildman–Crippen LogP) is 3.14. The molecule has 0 unspecified atom stereocenters. The van der Waals surface area contributed by atoms with Crippen molar-refractivity contribution in [2.45, 2.75) is 20.3 Å². The van der Waals surface area contributed by atoms with E-state index >= 15 is 0 Å². The van der Waals surface area contributed by atoms with Crippen LogP contribution in [-0.2, 0) is 6.42 Å². The van der Waals surface area contributed by atoms with Gasteiger partial charge < -0.3 is 4.74 Å². The molecule has 2 rings (SSSR count). The Labute approximate surface area is 95.1 Å². The molecule has 0 aliphatic heterocycles. The minimum atomic E-state index is 0.527. The average Bonchev–Trinajstić information content (AvgIpc) is 2.32. The Kier molecular flexibility index (Phi) is 3.15. The summed E-state index contributed by atoms with van der Waals surface area (Å²) in [6.07, 6.45) is 4.32. The lowest BCUT2D eigenvalue weighted by Gasteiger charge is -2.05. The first-order chi connectivity index (χ1) is 7.78. The fourth-order valence-electron chi connectivity index (χ4n) is 1.38. The van der Waals surface area contributed by atoms with Crippen LogP contribution in [0.3, 0.4) is 0 Å². The Morgan fingerprint density at radius 2 is 2.06 bits per heavy atom. The molecule has 0 amide bonds. The molecule has 0 N–H and O–H groups in total. The first-order valence-corrected chi connectivity index (χ1v) is 5.33. The third-order valence-electron chi connectivity index (χ3n) is 2.29. The van der Waals surface area contributed by atoms with Gasteiger partial charge in [-0.05, 0) is 31.0 Å². The lowest BCUT2D eigenvalue weighted by molar-refractivity contribution is 0.459. The Morgan fingerprint density at radius 3 is 2.75 bits per heavy atom. The molecule has 3 heteroatoms. The summed E-state index contributed by atoms with van der Waals surface area (Å²) in [5, 5.41) is 0. The van der Waals surface area contributed by atoms with E-state index < -0.39 is 0 Å². The van der Waals surface area contributed by atoms with E-state index in [1.54, 1.807) is 12.4 Å². The third kappa shape index (κ3) is 2.57. The molecule has 0 radical (unpaired) electrons. The predicted molar refractivity (Wildman–Crippen MR) is 62.7 cm³/mol. The number of ether oxygens (including phenoxy) is 1. The smallest absolute Gasteiger partial charge is 0.237 e. The van der Waals surface area contributed by atoms with Crippen LogP contribution in [0.25, 0.3) is 0 Å². The Morgan fingerprint density at radius 1 is 1.19 bits per heavy atom. The van der Waals surface area contributed by atoms with Crippen LogP contribution in [0.1, 0.15) is 18.2 Å². The number of hydrogen-bond donors (Lipinski definition) is 0.